The van der Waals surface area contributed by atoms with E-state index in [4.69, 9.17) is 28.9 Å². The predicted octanol–water partition coefficient (Wildman–Crippen LogP) is 3.81. The van der Waals surface area contributed by atoms with Crippen molar-refractivity contribution in [3.05, 3.63) is 63.6 Å². The zero-order chi connectivity index (χ0) is 12.4. The molecule has 0 saturated carbocycles. The Balaban J connectivity index is 2.43. The molecule has 0 aliphatic carbocycles. The van der Waals surface area contributed by atoms with Gasteiger partial charge in [-0.3, -0.25) is 4.79 Å². The van der Waals surface area contributed by atoms with Crippen LogP contribution in [0.3, 0.4) is 0 Å². The highest BCUT2D eigenvalue weighted by Gasteiger charge is 2.13. The predicted molar refractivity (Wildman–Crippen MR) is 70.7 cm³/mol. The Morgan fingerprint density at radius 1 is 1.00 bits per heavy atom. The lowest BCUT2D eigenvalue weighted by atomic mass is 10.0. The van der Waals surface area contributed by atoms with Gasteiger partial charge in [0.2, 0.25) is 0 Å². The second-order valence-electron chi connectivity index (χ2n) is 3.58. The summed E-state index contributed by atoms with van der Waals surface area (Å²) < 4.78 is 0. The first-order valence-electron chi connectivity index (χ1n) is 4.93. The van der Waals surface area contributed by atoms with Gasteiger partial charge in [0, 0.05) is 21.8 Å². The van der Waals surface area contributed by atoms with Gasteiger partial charge in [-0.25, -0.2) is 0 Å². The third-order valence-electron chi connectivity index (χ3n) is 2.35. The molecule has 0 fully saturated rings. The highest BCUT2D eigenvalue weighted by atomic mass is 35.5. The first-order valence-corrected chi connectivity index (χ1v) is 5.69. The van der Waals surface area contributed by atoms with E-state index in [2.05, 4.69) is 0 Å². The Labute approximate surface area is 109 Å². The Morgan fingerprint density at radius 2 is 1.65 bits per heavy atom. The summed E-state index contributed by atoms with van der Waals surface area (Å²) in [4.78, 5) is 12.1. The fourth-order valence-electron chi connectivity index (χ4n) is 1.46. The monoisotopic (exact) mass is 265 g/mol. The molecule has 4 heteroatoms. The van der Waals surface area contributed by atoms with Crippen molar-refractivity contribution in [3.63, 3.8) is 0 Å². The molecule has 2 rings (SSSR count). The van der Waals surface area contributed by atoms with Gasteiger partial charge in [-0.05, 0) is 42.5 Å². The lowest BCUT2D eigenvalue weighted by Crippen LogP contribution is -2.02. The van der Waals surface area contributed by atoms with E-state index in [0.717, 1.165) is 0 Å². The van der Waals surface area contributed by atoms with Gasteiger partial charge in [0.05, 0.1) is 5.02 Å². The minimum absolute atomic E-state index is 0.169. The van der Waals surface area contributed by atoms with Crippen LogP contribution in [0.25, 0.3) is 0 Å². The molecule has 0 amide bonds. The van der Waals surface area contributed by atoms with E-state index in [9.17, 15) is 4.79 Å². The minimum Gasteiger partial charge on any atom is -0.399 e. The molecule has 0 aromatic heterocycles. The molecule has 17 heavy (non-hydrogen) atoms. The molecule has 2 N–H and O–H groups in total. The zero-order valence-corrected chi connectivity index (χ0v) is 10.3. The summed E-state index contributed by atoms with van der Waals surface area (Å²) in [6, 6.07) is 11.5. The molecular weight excluding hydrogens is 257 g/mol. The SMILES string of the molecule is Nc1ccc(C(=O)c2cc(Cl)ccc2Cl)cc1. The van der Waals surface area contributed by atoms with Gasteiger partial charge in [0.1, 0.15) is 0 Å². The summed E-state index contributed by atoms with van der Waals surface area (Å²) >= 11 is 11.8. The lowest BCUT2D eigenvalue weighted by Gasteiger charge is -2.04. The molecule has 0 unspecified atom stereocenters. The van der Waals surface area contributed by atoms with E-state index < -0.39 is 0 Å². The fourth-order valence-corrected chi connectivity index (χ4v) is 1.84. The van der Waals surface area contributed by atoms with E-state index in [1.807, 2.05) is 0 Å². The van der Waals surface area contributed by atoms with Crippen molar-refractivity contribution in [3.8, 4) is 0 Å². The topological polar surface area (TPSA) is 43.1 Å². The van der Waals surface area contributed by atoms with Crippen molar-refractivity contribution in [2.75, 3.05) is 5.73 Å². The lowest BCUT2D eigenvalue weighted by molar-refractivity contribution is 0.103. The molecule has 0 heterocycles. The van der Waals surface area contributed by atoms with Gasteiger partial charge in [-0.2, -0.15) is 0 Å². The van der Waals surface area contributed by atoms with Gasteiger partial charge in [0.15, 0.2) is 5.78 Å². The van der Waals surface area contributed by atoms with Crippen LogP contribution in [0, 0.1) is 0 Å². The number of hydrogen-bond donors (Lipinski definition) is 1. The van der Waals surface area contributed by atoms with Crippen LogP contribution in [0.15, 0.2) is 42.5 Å². The largest absolute Gasteiger partial charge is 0.399 e. The van der Waals surface area contributed by atoms with E-state index in [1.165, 1.54) is 0 Å². The zero-order valence-electron chi connectivity index (χ0n) is 8.78. The summed E-state index contributed by atoms with van der Waals surface area (Å²) in [6.45, 7) is 0. The fraction of sp³-hybridized carbons (Fsp3) is 0. The number of hydrogen-bond acceptors (Lipinski definition) is 2. The third-order valence-corrected chi connectivity index (χ3v) is 2.91. The number of carbonyl (C=O) groups is 1. The molecule has 0 radical (unpaired) electrons. The van der Waals surface area contributed by atoms with Crippen molar-refractivity contribution >= 4 is 34.7 Å². The number of benzene rings is 2. The number of carbonyl (C=O) groups excluding carboxylic acids is 1. The van der Waals surface area contributed by atoms with Gasteiger partial charge in [0.25, 0.3) is 0 Å². The first-order chi connectivity index (χ1) is 8.08. The Bertz CT molecular complexity index is 564. The van der Waals surface area contributed by atoms with Crippen LogP contribution in [-0.2, 0) is 0 Å². The van der Waals surface area contributed by atoms with Crippen LogP contribution in [0.1, 0.15) is 15.9 Å². The van der Waals surface area contributed by atoms with Crippen molar-refractivity contribution in [2.45, 2.75) is 0 Å². The van der Waals surface area contributed by atoms with Crippen molar-refractivity contribution in [1.82, 2.24) is 0 Å². The Hall–Kier alpha value is -1.51. The molecule has 2 aromatic carbocycles. The molecule has 0 aliphatic rings. The van der Waals surface area contributed by atoms with Crippen molar-refractivity contribution in [1.29, 1.82) is 0 Å². The minimum atomic E-state index is -0.169. The van der Waals surface area contributed by atoms with Crippen LogP contribution in [0.4, 0.5) is 5.69 Å². The van der Waals surface area contributed by atoms with Gasteiger partial charge in [-0.1, -0.05) is 23.2 Å². The van der Waals surface area contributed by atoms with Gasteiger partial charge >= 0.3 is 0 Å². The molecule has 86 valence electrons. The summed E-state index contributed by atoms with van der Waals surface area (Å²) in [6.07, 6.45) is 0. The molecular formula is C13H9Cl2NO. The number of halogens is 2. The maximum absolute atomic E-state index is 12.1. The molecule has 2 aromatic rings. The third kappa shape index (κ3) is 2.60. The summed E-state index contributed by atoms with van der Waals surface area (Å²) in [7, 11) is 0. The summed E-state index contributed by atoms with van der Waals surface area (Å²) in [5.74, 6) is -0.169. The maximum atomic E-state index is 12.1. The molecule has 0 bridgehead atoms. The molecule has 0 saturated heterocycles. The highest BCUT2D eigenvalue weighted by Crippen LogP contribution is 2.23. The van der Waals surface area contributed by atoms with Gasteiger partial charge < -0.3 is 5.73 Å². The second-order valence-corrected chi connectivity index (χ2v) is 4.42. The van der Waals surface area contributed by atoms with E-state index >= 15 is 0 Å². The van der Waals surface area contributed by atoms with Crippen LogP contribution in [0.5, 0.6) is 0 Å². The quantitative estimate of drug-likeness (QED) is 0.663. The summed E-state index contributed by atoms with van der Waals surface area (Å²) in [5, 5.41) is 0.865. The number of anilines is 1. The van der Waals surface area contributed by atoms with Crippen molar-refractivity contribution < 1.29 is 4.79 Å². The van der Waals surface area contributed by atoms with E-state index in [1.54, 1.807) is 42.5 Å². The van der Waals surface area contributed by atoms with Crippen LogP contribution in [0.2, 0.25) is 10.0 Å². The first kappa shape index (κ1) is 12.0. The highest BCUT2D eigenvalue weighted by molar-refractivity contribution is 6.36. The van der Waals surface area contributed by atoms with Crippen molar-refractivity contribution in [2.24, 2.45) is 0 Å². The molecule has 0 aliphatic heterocycles. The molecule has 0 atom stereocenters. The summed E-state index contributed by atoms with van der Waals surface area (Å²) in [5.41, 5.74) is 7.09. The Kier molecular flexibility index (Phi) is 3.36. The van der Waals surface area contributed by atoms with Crippen LogP contribution >= 0.6 is 23.2 Å². The number of rotatable bonds is 2. The molecule has 2 nitrogen and oxygen atoms in total. The van der Waals surface area contributed by atoms with Crippen LogP contribution < -0.4 is 5.73 Å². The van der Waals surface area contributed by atoms with E-state index in [0.29, 0.717) is 26.9 Å². The average molecular weight is 266 g/mol. The second kappa shape index (κ2) is 4.78. The van der Waals surface area contributed by atoms with E-state index in [-0.39, 0.29) is 5.78 Å². The van der Waals surface area contributed by atoms with Gasteiger partial charge in [-0.15, -0.1) is 0 Å². The maximum Gasteiger partial charge on any atom is 0.194 e. The number of nitrogen functional groups attached to an aromatic ring is 1. The standard InChI is InChI=1S/C13H9Cl2NO/c14-9-3-6-12(15)11(7-9)13(17)8-1-4-10(16)5-2-8/h1-7H,16H2. The average Bonchev–Trinajstić information content (AvgIpc) is 2.32. The number of ketones is 1. The number of nitrogens with two attached hydrogens (primary N) is 1. The van der Waals surface area contributed by atoms with Crippen LogP contribution in [-0.4, -0.2) is 5.78 Å². The Morgan fingerprint density at radius 3 is 2.29 bits per heavy atom. The smallest absolute Gasteiger partial charge is 0.194 e. The normalized spacial score (nSPS) is 10.2. The molecule has 0 spiro atoms.